The van der Waals surface area contributed by atoms with Crippen molar-refractivity contribution in [3.8, 4) is 5.75 Å². The number of aliphatic hydroxyl groups excluding tert-OH is 1. The molecule has 102 valence electrons. The van der Waals surface area contributed by atoms with Crippen molar-refractivity contribution < 1.29 is 9.84 Å². The molecule has 0 fully saturated rings. The van der Waals surface area contributed by atoms with Crippen LogP contribution in [0.5, 0.6) is 5.75 Å². The van der Waals surface area contributed by atoms with Gasteiger partial charge in [0, 0.05) is 5.56 Å². The summed E-state index contributed by atoms with van der Waals surface area (Å²) in [6, 6.07) is 7.75. The zero-order valence-electron chi connectivity index (χ0n) is 11.9. The smallest absolute Gasteiger partial charge is 0.124 e. The third-order valence-corrected chi connectivity index (χ3v) is 3.60. The van der Waals surface area contributed by atoms with Crippen molar-refractivity contribution in [2.75, 3.05) is 7.11 Å². The van der Waals surface area contributed by atoms with E-state index in [0.717, 1.165) is 24.2 Å². The van der Waals surface area contributed by atoms with Crippen LogP contribution < -0.4 is 4.74 Å². The van der Waals surface area contributed by atoms with E-state index in [0.29, 0.717) is 5.92 Å². The first-order valence-corrected chi connectivity index (χ1v) is 7.03. The van der Waals surface area contributed by atoms with Gasteiger partial charge in [0.25, 0.3) is 0 Å². The fourth-order valence-corrected chi connectivity index (χ4v) is 2.37. The highest BCUT2D eigenvalue weighted by atomic mass is 16.5. The van der Waals surface area contributed by atoms with Crippen LogP contribution in [0.15, 0.2) is 24.3 Å². The topological polar surface area (TPSA) is 29.5 Å². The number of unbranched alkanes of at least 4 members (excludes halogenated alkanes) is 1. The molecule has 0 spiro atoms. The van der Waals surface area contributed by atoms with Crippen molar-refractivity contribution in [2.24, 2.45) is 5.92 Å². The number of hydrogen-bond acceptors (Lipinski definition) is 2. The molecule has 0 amide bonds. The first kappa shape index (κ1) is 15.0. The van der Waals surface area contributed by atoms with Gasteiger partial charge in [-0.3, -0.25) is 0 Å². The molecule has 0 aliphatic heterocycles. The first-order chi connectivity index (χ1) is 8.72. The van der Waals surface area contributed by atoms with Crippen LogP contribution in [0.1, 0.15) is 57.6 Å². The van der Waals surface area contributed by atoms with Crippen LogP contribution in [0.25, 0.3) is 0 Å². The minimum Gasteiger partial charge on any atom is -0.496 e. The standard InChI is InChI=1S/C16H26O2/c1-4-6-9-13(5-2)12-15(17)14-10-7-8-11-16(14)18-3/h7-8,10-11,13,15,17H,4-6,9,12H2,1-3H3. The normalized spacial score (nSPS) is 14.2. The van der Waals surface area contributed by atoms with E-state index < -0.39 is 6.10 Å². The number of benzene rings is 1. The average Bonchev–Trinajstić information content (AvgIpc) is 2.43. The second-order valence-electron chi connectivity index (χ2n) is 4.91. The van der Waals surface area contributed by atoms with Gasteiger partial charge in [0.1, 0.15) is 5.75 Å². The number of rotatable bonds is 8. The molecule has 0 aliphatic carbocycles. The minimum absolute atomic E-state index is 0.414. The Morgan fingerprint density at radius 2 is 1.94 bits per heavy atom. The summed E-state index contributed by atoms with van der Waals surface area (Å²) in [6.45, 7) is 4.42. The SMILES string of the molecule is CCCCC(CC)CC(O)c1ccccc1OC. The van der Waals surface area contributed by atoms with Crippen molar-refractivity contribution in [3.05, 3.63) is 29.8 Å². The number of ether oxygens (including phenoxy) is 1. The van der Waals surface area contributed by atoms with Crippen LogP contribution in [-0.4, -0.2) is 12.2 Å². The van der Waals surface area contributed by atoms with E-state index in [2.05, 4.69) is 13.8 Å². The molecule has 1 aromatic rings. The van der Waals surface area contributed by atoms with Crippen LogP contribution in [0.3, 0.4) is 0 Å². The van der Waals surface area contributed by atoms with E-state index in [9.17, 15) is 5.11 Å². The molecule has 0 saturated carbocycles. The molecule has 0 aromatic heterocycles. The van der Waals surface area contributed by atoms with Gasteiger partial charge in [-0.2, -0.15) is 0 Å². The van der Waals surface area contributed by atoms with Crippen LogP contribution in [0, 0.1) is 5.92 Å². The zero-order valence-corrected chi connectivity index (χ0v) is 11.9. The van der Waals surface area contributed by atoms with Crippen molar-refractivity contribution in [1.82, 2.24) is 0 Å². The van der Waals surface area contributed by atoms with Gasteiger partial charge in [0.05, 0.1) is 13.2 Å². The molecule has 0 aliphatic rings. The van der Waals surface area contributed by atoms with Gasteiger partial charge in [-0.1, -0.05) is 57.7 Å². The van der Waals surface area contributed by atoms with E-state index >= 15 is 0 Å². The quantitative estimate of drug-likeness (QED) is 0.744. The molecule has 2 unspecified atom stereocenters. The van der Waals surface area contributed by atoms with Crippen LogP contribution in [0.4, 0.5) is 0 Å². The molecule has 2 nitrogen and oxygen atoms in total. The van der Waals surface area contributed by atoms with E-state index in [-0.39, 0.29) is 0 Å². The third kappa shape index (κ3) is 4.34. The highest BCUT2D eigenvalue weighted by Gasteiger charge is 2.17. The van der Waals surface area contributed by atoms with Gasteiger partial charge in [-0.05, 0) is 18.4 Å². The van der Waals surface area contributed by atoms with E-state index in [1.54, 1.807) is 7.11 Å². The van der Waals surface area contributed by atoms with Gasteiger partial charge in [-0.25, -0.2) is 0 Å². The third-order valence-electron chi connectivity index (χ3n) is 3.60. The first-order valence-electron chi connectivity index (χ1n) is 7.03. The van der Waals surface area contributed by atoms with E-state index in [1.165, 1.54) is 19.3 Å². The highest BCUT2D eigenvalue weighted by Crippen LogP contribution is 2.31. The Hall–Kier alpha value is -1.02. The summed E-state index contributed by atoms with van der Waals surface area (Å²) in [7, 11) is 1.65. The maximum Gasteiger partial charge on any atom is 0.124 e. The lowest BCUT2D eigenvalue weighted by molar-refractivity contribution is 0.136. The fourth-order valence-electron chi connectivity index (χ4n) is 2.37. The van der Waals surface area contributed by atoms with Gasteiger partial charge in [-0.15, -0.1) is 0 Å². The lowest BCUT2D eigenvalue weighted by Gasteiger charge is -2.20. The number of para-hydroxylation sites is 1. The molecule has 0 bridgehead atoms. The largest absolute Gasteiger partial charge is 0.496 e. The van der Waals surface area contributed by atoms with Crippen molar-refractivity contribution in [2.45, 2.75) is 52.1 Å². The van der Waals surface area contributed by atoms with Gasteiger partial charge in [0.2, 0.25) is 0 Å². The van der Waals surface area contributed by atoms with Crippen molar-refractivity contribution >= 4 is 0 Å². The maximum atomic E-state index is 10.4. The molecule has 18 heavy (non-hydrogen) atoms. The van der Waals surface area contributed by atoms with Crippen molar-refractivity contribution in [3.63, 3.8) is 0 Å². The summed E-state index contributed by atoms with van der Waals surface area (Å²) >= 11 is 0. The monoisotopic (exact) mass is 250 g/mol. The molecule has 0 radical (unpaired) electrons. The lowest BCUT2D eigenvalue weighted by atomic mass is 9.90. The molecule has 1 N–H and O–H groups in total. The molecule has 0 saturated heterocycles. The minimum atomic E-state index is -0.414. The Morgan fingerprint density at radius 3 is 2.56 bits per heavy atom. The summed E-state index contributed by atoms with van der Waals surface area (Å²) in [4.78, 5) is 0. The Balaban J connectivity index is 2.65. The zero-order chi connectivity index (χ0) is 13.4. The Kier molecular flexibility index (Phi) is 6.81. The van der Waals surface area contributed by atoms with Crippen LogP contribution in [-0.2, 0) is 0 Å². The second kappa shape index (κ2) is 8.15. The summed E-state index contributed by atoms with van der Waals surface area (Å²) in [5.74, 6) is 1.39. The summed E-state index contributed by atoms with van der Waals surface area (Å²) in [6.07, 6.45) is 5.23. The lowest BCUT2D eigenvalue weighted by Crippen LogP contribution is -2.08. The Bertz CT molecular complexity index is 336. The number of methoxy groups -OCH3 is 1. The van der Waals surface area contributed by atoms with Crippen LogP contribution >= 0.6 is 0 Å². The number of aliphatic hydroxyl groups is 1. The van der Waals surface area contributed by atoms with Gasteiger partial charge >= 0.3 is 0 Å². The predicted molar refractivity (Wildman–Crippen MR) is 75.9 cm³/mol. The maximum absolute atomic E-state index is 10.4. The molecule has 2 atom stereocenters. The molecular formula is C16H26O2. The highest BCUT2D eigenvalue weighted by molar-refractivity contribution is 5.34. The summed E-state index contributed by atoms with van der Waals surface area (Å²) < 4.78 is 5.30. The van der Waals surface area contributed by atoms with Gasteiger partial charge < -0.3 is 9.84 Å². The molecule has 1 rings (SSSR count). The van der Waals surface area contributed by atoms with E-state index in [1.807, 2.05) is 24.3 Å². The Morgan fingerprint density at radius 1 is 1.22 bits per heavy atom. The fraction of sp³-hybridized carbons (Fsp3) is 0.625. The predicted octanol–water partition coefficient (Wildman–Crippen LogP) is 4.34. The molecular weight excluding hydrogens is 224 g/mol. The number of hydrogen-bond donors (Lipinski definition) is 1. The van der Waals surface area contributed by atoms with Crippen molar-refractivity contribution in [1.29, 1.82) is 0 Å². The molecule has 1 aromatic carbocycles. The van der Waals surface area contributed by atoms with Gasteiger partial charge in [0.15, 0.2) is 0 Å². The summed E-state index contributed by atoms with van der Waals surface area (Å²) in [5.41, 5.74) is 0.912. The molecule has 2 heteroatoms. The molecule has 0 heterocycles. The summed E-state index contributed by atoms with van der Waals surface area (Å²) in [5, 5.41) is 10.4. The van der Waals surface area contributed by atoms with E-state index in [4.69, 9.17) is 4.74 Å². The van der Waals surface area contributed by atoms with Crippen LogP contribution in [0.2, 0.25) is 0 Å². The second-order valence-corrected chi connectivity index (χ2v) is 4.91. The Labute approximate surface area is 111 Å². The average molecular weight is 250 g/mol.